The Morgan fingerprint density at radius 2 is 1.92 bits per heavy atom. The van der Waals surface area contributed by atoms with E-state index in [1.165, 1.54) is 16.9 Å². The quantitative estimate of drug-likeness (QED) is 0.786. The summed E-state index contributed by atoms with van der Waals surface area (Å²) in [5.41, 5.74) is 1.46. The van der Waals surface area contributed by atoms with Crippen molar-refractivity contribution in [1.29, 1.82) is 0 Å². The van der Waals surface area contributed by atoms with E-state index in [2.05, 4.69) is 12.1 Å². The number of carbonyl (C=O) groups is 3. The van der Waals surface area contributed by atoms with Crippen LogP contribution in [0.3, 0.4) is 0 Å². The molecule has 1 aromatic rings. The molecule has 1 atom stereocenters. The van der Waals surface area contributed by atoms with E-state index in [-0.39, 0.29) is 36.3 Å². The first kappa shape index (κ1) is 16.1. The number of likely N-dealkylation sites (tertiary alicyclic amines) is 1. The molecule has 1 spiro atoms. The van der Waals surface area contributed by atoms with Crippen LogP contribution in [0.25, 0.3) is 0 Å². The van der Waals surface area contributed by atoms with Gasteiger partial charge in [-0.15, -0.1) is 0 Å². The molecule has 1 unspecified atom stereocenters. The molecular weight excluding hydrogens is 318 g/mol. The predicted octanol–water partition coefficient (Wildman–Crippen LogP) is 1.68. The maximum absolute atomic E-state index is 12.8. The number of imide groups is 1. The lowest BCUT2D eigenvalue weighted by atomic mass is 9.61. The van der Waals surface area contributed by atoms with Gasteiger partial charge in [0.2, 0.25) is 5.91 Å². The van der Waals surface area contributed by atoms with Crippen LogP contribution < -0.4 is 0 Å². The molecule has 1 aliphatic carbocycles. The minimum atomic E-state index is -0.379. The first-order chi connectivity index (χ1) is 12.0. The fourth-order valence-corrected chi connectivity index (χ4v) is 4.50. The summed E-state index contributed by atoms with van der Waals surface area (Å²) < 4.78 is 0. The molecule has 6 nitrogen and oxygen atoms in total. The van der Waals surface area contributed by atoms with Gasteiger partial charge in [-0.25, -0.2) is 4.79 Å². The van der Waals surface area contributed by atoms with Gasteiger partial charge in [0.25, 0.3) is 5.91 Å². The van der Waals surface area contributed by atoms with Crippen LogP contribution in [0.1, 0.15) is 30.7 Å². The summed E-state index contributed by atoms with van der Waals surface area (Å²) in [6.07, 6.45) is 3.49. The monoisotopic (exact) mass is 341 g/mol. The van der Waals surface area contributed by atoms with Gasteiger partial charge in [0.15, 0.2) is 0 Å². The Morgan fingerprint density at radius 1 is 1.20 bits per heavy atom. The highest BCUT2D eigenvalue weighted by Gasteiger charge is 2.52. The lowest BCUT2D eigenvalue weighted by Crippen LogP contribution is -2.43. The summed E-state index contributed by atoms with van der Waals surface area (Å²) in [5, 5.41) is 0. The van der Waals surface area contributed by atoms with Crippen molar-refractivity contribution in [3.8, 4) is 0 Å². The minimum Gasteiger partial charge on any atom is -0.340 e. The van der Waals surface area contributed by atoms with Crippen LogP contribution in [0, 0.1) is 5.41 Å². The van der Waals surface area contributed by atoms with E-state index in [9.17, 15) is 14.4 Å². The van der Waals surface area contributed by atoms with E-state index in [1.54, 1.807) is 7.05 Å². The van der Waals surface area contributed by atoms with Crippen LogP contribution in [-0.2, 0) is 9.59 Å². The number of rotatable bonds is 3. The number of amides is 4. The van der Waals surface area contributed by atoms with Crippen molar-refractivity contribution in [2.45, 2.75) is 25.2 Å². The summed E-state index contributed by atoms with van der Waals surface area (Å²) in [4.78, 5) is 41.0. The molecule has 2 aliphatic heterocycles. The Kier molecular flexibility index (Phi) is 3.78. The summed E-state index contributed by atoms with van der Waals surface area (Å²) >= 11 is 0. The molecule has 1 aromatic carbocycles. The van der Waals surface area contributed by atoms with Gasteiger partial charge in [0.1, 0.15) is 13.1 Å². The number of hydrogen-bond acceptors (Lipinski definition) is 3. The van der Waals surface area contributed by atoms with Gasteiger partial charge < -0.3 is 9.80 Å². The van der Waals surface area contributed by atoms with Gasteiger partial charge in [-0.05, 0) is 23.8 Å². The molecule has 3 aliphatic rings. The van der Waals surface area contributed by atoms with Crippen molar-refractivity contribution in [2.75, 3.05) is 33.2 Å². The molecule has 0 radical (unpaired) electrons. The maximum atomic E-state index is 12.8. The normalized spacial score (nSPS) is 25.0. The zero-order valence-electron chi connectivity index (χ0n) is 14.5. The molecule has 4 rings (SSSR count). The summed E-state index contributed by atoms with van der Waals surface area (Å²) in [6, 6.07) is 10.0. The number of urea groups is 1. The number of carbonyl (C=O) groups excluding carboxylic acids is 3. The van der Waals surface area contributed by atoms with Crippen LogP contribution in [0.4, 0.5) is 4.79 Å². The zero-order valence-corrected chi connectivity index (χ0v) is 14.5. The highest BCUT2D eigenvalue weighted by Crippen LogP contribution is 2.55. The number of nitrogens with zero attached hydrogens (tertiary/aromatic N) is 3. The SMILES string of the molecule is CN1CC(=O)N(CC(=O)N2CC(c3ccccc3)C3(CCC3)C2)C1=O. The predicted molar refractivity (Wildman–Crippen MR) is 91.8 cm³/mol. The fourth-order valence-electron chi connectivity index (χ4n) is 4.50. The Hall–Kier alpha value is -2.37. The molecule has 2 heterocycles. The second-order valence-electron chi connectivity index (χ2n) is 7.57. The minimum absolute atomic E-state index is 0.0582. The standard InChI is InChI=1S/C19H23N3O3/c1-20-11-17(24)22(18(20)25)12-16(23)21-10-15(14-6-3-2-4-7-14)19(13-21)8-5-9-19/h2-4,6-7,15H,5,8-13H2,1H3. The molecule has 0 aromatic heterocycles. The van der Waals surface area contributed by atoms with Crippen LogP contribution in [-0.4, -0.2) is 65.8 Å². The Labute approximate surface area is 147 Å². The Morgan fingerprint density at radius 3 is 2.48 bits per heavy atom. The molecular formula is C19H23N3O3. The average Bonchev–Trinajstić information content (AvgIpc) is 3.10. The van der Waals surface area contributed by atoms with Crippen molar-refractivity contribution in [1.82, 2.24) is 14.7 Å². The van der Waals surface area contributed by atoms with E-state index in [0.29, 0.717) is 12.5 Å². The van der Waals surface area contributed by atoms with Gasteiger partial charge in [-0.2, -0.15) is 0 Å². The van der Waals surface area contributed by atoms with E-state index in [4.69, 9.17) is 0 Å². The first-order valence-electron chi connectivity index (χ1n) is 8.88. The molecule has 0 bridgehead atoms. The smallest absolute Gasteiger partial charge is 0.327 e. The highest BCUT2D eigenvalue weighted by atomic mass is 16.2. The van der Waals surface area contributed by atoms with E-state index < -0.39 is 0 Å². The van der Waals surface area contributed by atoms with Crippen LogP contribution in [0.2, 0.25) is 0 Å². The third-order valence-corrected chi connectivity index (χ3v) is 6.08. The first-order valence-corrected chi connectivity index (χ1v) is 8.88. The van der Waals surface area contributed by atoms with Gasteiger partial charge in [-0.3, -0.25) is 14.5 Å². The third-order valence-electron chi connectivity index (χ3n) is 6.08. The lowest BCUT2D eigenvalue weighted by molar-refractivity contribution is -0.136. The van der Waals surface area contributed by atoms with Crippen LogP contribution in [0.5, 0.6) is 0 Å². The lowest BCUT2D eigenvalue weighted by Gasteiger charge is -2.43. The molecule has 0 N–H and O–H groups in total. The maximum Gasteiger partial charge on any atom is 0.327 e. The van der Waals surface area contributed by atoms with Crippen molar-refractivity contribution in [3.05, 3.63) is 35.9 Å². The van der Waals surface area contributed by atoms with E-state index in [0.717, 1.165) is 24.3 Å². The van der Waals surface area contributed by atoms with Crippen molar-refractivity contribution in [3.63, 3.8) is 0 Å². The molecule has 132 valence electrons. The molecule has 6 heteroatoms. The van der Waals surface area contributed by atoms with E-state index in [1.807, 2.05) is 23.1 Å². The van der Waals surface area contributed by atoms with Gasteiger partial charge >= 0.3 is 6.03 Å². The third kappa shape index (κ3) is 2.60. The number of benzene rings is 1. The molecule has 3 fully saturated rings. The Balaban J connectivity index is 1.49. The highest BCUT2D eigenvalue weighted by molar-refractivity contribution is 6.04. The summed E-state index contributed by atoms with van der Waals surface area (Å²) in [7, 11) is 1.58. The molecule has 4 amide bonds. The average molecular weight is 341 g/mol. The summed E-state index contributed by atoms with van der Waals surface area (Å²) in [6.45, 7) is 1.33. The van der Waals surface area contributed by atoms with Gasteiger partial charge in [-0.1, -0.05) is 36.8 Å². The van der Waals surface area contributed by atoms with Crippen molar-refractivity contribution in [2.24, 2.45) is 5.41 Å². The van der Waals surface area contributed by atoms with Crippen LogP contribution >= 0.6 is 0 Å². The second-order valence-corrected chi connectivity index (χ2v) is 7.57. The topological polar surface area (TPSA) is 60.9 Å². The molecule has 2 saturated heterocycles. The van der Waals surface area contributed by atoms with Crippen molar-refractivity contribution >= 4 is 17.8 Å². The van der Waals surface area contributed by atoms with Crippen LogP contribution in [0.15, 0.2) is 30.3 Å². The number of likely N-dealkylation sites (N-methyl/N-ethyl adjacent to an activating group) is 1. The number of hydrogen-bond donors (Lipinski definition) is 0. The van der Waals surface area contributed by atoms with E-state index >= 15 is 0 Å². The van der Waals surface area contributed by atoms with Gasteiger partial charge in [0, 0.05) is 26.1 Å². The Bertz CT molecular complexity index is 714. The molecule has 25 heavy (non-hydrogen) atoms. The fraction of sp³-hybridized carbons (Fsp3) is 0.526. The van der Waals surface area contributed by atoms with Gasteiger partial charge in [0.05, 0.1) is 0 Å². The largest absolute Gasteiger partial charge is 0.340 e. The summed E-state index contributed by atoms with van der Waals surface area (Å²) in [5.74, 6) is -0.0706. The second kappa shape index (κ2) is 5.86. The zero-order chi connectivity index (χ0) is 17.6. The molecule has 1 saturated carbocycles. The van der Waals surface area contributed by atoms with Crippen molar-refractivity contribution < 1.29 is 14.4 Å².